The first-order valence-electron chi connectivity index (χ1n) is 6.17. The molecule has 1 N–H and O–H groups in total. The van der Waals surface area contributed by atoms with Gasteiger partial charge in [0.1, 0.15) is 21.6 Å². The maximum Gasteiger partial charge on any atom is 0.210 e. The number of halogens is 1. The third-order valence-electron chi connectivity index (χ3n) is 2.66. The lowest BCUT2D eigenvalue weighted by atomic mass is 10.3. The second kappa shape index (κ2) is 7.14. The lowest BCUT2D eigenvalue weighted by molar-refractivity contribution is 0.415. The number of nitriles is 1. The molecule has 3 rings (SSSR count). The minimum Gasteiger partial charge on any atom is -0.497 e. The number of nitrogens with one attached hydrogen (secondary N) is 1. The Kier molecular flexibility index (Phi) is 4.97. The van der Waals surface area contributed by atoms with Gasteiger partial charge in [-0.25, -0.2) is 0 Å². The number of hydrogen-bond donors (Lipinski definition) is 1. The number of hydrogen-bond acceptors (Lipinski definition) is 9. The number of methoxy groups -OCH3 is 1. The van der Waals surface area contributed by atoms with E-state index in [0.29, 0.717) is 19.2 Å². The topological polar surface area (TPSA) is 83.7 Å². The molecule has 0 spiro atoms. The number of nitrogens with zero attached hydrogens (tertiary/aromatic N) is 4. The van der Waals surface area contributed by atoms with E-state index in [1.807, 2.05) is 30.3 Å². The van der Waals surface area contributed by atoms with Gasteiger partial charge in [-0.3, -0.25) is 0 Å². The van der Waals surface area contributed by atoms with Gasteiger partial charge in [-0.15, -0.1) is 10.2 Å². The molecule has 2 aromatic heterocycles. The van der Waals surface area contributed by atoms with Crippen LogP contribution in [0.4, 0.5) is 10.8 Å². The van der Waals surface area contributed by atoms with Crippen LogP contribution in [0.15, 0.2) is 32.8 Å². The molecule has 2 heterocycles. The predicted octanol–water partition coefficient (Wildman–Crippen LogP) is 4.42. The van der Waals surface area contributed by atoms with Crippen molar-refractivity contribution in [3.8, 4) is 11.8 Å². The van der Waals surface area contributed by atoms with Gasteiger partial charge >= 0.3 is 0 Å². The second-order valence-electron chi connectivity index (χ2n) is 4.08. The van der Waals surface area contributed by atoms with Gasteiger partial charge in [-0.05, 0) is 47.6 Å². The summed E-state index contributed by atoms with van der Waals surface area (Å²) in [5.74, 6) is 0.787. The Labute approximate surface area is 149 Å². The Balaban J connectivity index is 1.71. The summed E-state index contributed by atoms with van der Waals surface area (Å²) in [6, 6.07) is 9.55. The molecule has 6 nitrogen and oxygen atoms in total. The minimum atomic E-state index is 0.223. The van der Waals surface area contributed by atoms with Crippen LogP contribution in [-0.2, 0) is 0 Å². The van der Waals surface area contributed by atoms with E-state index in [-0.39, 0.29) is 5.15 Å². The lowest BCUT2D eigenvalue weighted by Gasteiger charge is -2.03. The first kappa shape index (κ1) is 16.0. The highest BCUT2D eigenvalue weighted by molar-refractivity contribution is 8.02. The maximum atomic E-state index is 9.07. The van der Waals surface area contributed by atoms with Crippen LogP contribution < -0.4 is 10.1 Å². The summed E-state index contributed by atoms with van der Waals surface area (Å²) in [7, 11) is 1.62. The second-order valence-corrected chi connectivity index (χ2v) is 7.70. The average Bonchev–Trinajstić information content (AvgIpc) is 3.15. The molecule has 3 aromatic rings. The van der Waals surface area contributed by atoms with Crippen molar-refractivity contribution < 1.29 is 4.74 Å². The molecule has 0 unspecified atom stereocenters. The SMILES string of the molecule is COc1ccc(Nc2nnc(Sc3snc(Cl)c3C#N)s2)cc1. The fourth-order valence-corrected chi connectivity index (χ4v) is 4.73. The largest absolute Gasteiger partial charge is 0.497 e. The van der Waals surface area contributed by atoms with Crippen LogP contribution in [0.2, 0.25) is 5.15 Å². The number of ether oxygens (including phenoxy) is 1. The van der Waals surface area contributed by atoms with Crippen molar-refractivity contribution in [3.05, 3.63) is 35.0 Å². The number of benzene rings is 1. The molecule has 0 saturated carbocycles. The van der Waals surface area contributed by atoms with E-state index in [0.717, 1.165) is 11.4 Å². The van der Waals surface area contributed by atoms with Crippen molar-refractivity contribution in [1.82, 2.24) is 14.6 Å². The van der Waals surface area contributed by atoms with Gasteiger partial charge in [-0.1, -0.05) is 22.9 Å². The molecule has 0 atom stereocenters. The average molecular weight is 382 g/mol. The normalized spacial score (nSPS) is 10.3. The molecular formula is C13H8ClN5OS3. The third-order valence-corrected chi connectivity index (χ3v) is 5.93. The van der Waals surface area contributed by atoms with Crippen LogP contribution in [-0.4, -0.2) is 21.7 Å². The number of rotatable bonds is 5. The number of anilines is 2. The van der Waals surface area contributed by atoms with Crippen molar-refractivity contribution >= 4 is 57.1 Å². The highest BCUT2D eigenvalue weighted by atomic mass is 35.5. The summed E-state index contributed by atoms with van der Waals surface area (Å²) in [5, 5.41) is 21.3. The molecule has 0 radical (unpaired) electrons. The van der Waals surface area contributed by atoms with E-state index in [4.69, 9.17) is 21.6 Å². The fourth-order valence-electron chi connectivity index (χ4n) is 1.60. The monoisotopic (exact) mass is 381 g/mol. The first-order valence-corrected chi connectivity index (χ1v) is 8.95. The fraction of sp³-hybridized carbons (Fsp3) is 0.0769. The highest BCUT2D eigenvalue weighted by Gasteiger charge is 2.15. The van der Waals surface area contributed by atoms with Gasteiger partial charge < -0.3 is 10.1 Å². The molecule has 0 amide bonds. The van der Waals surface area contributed by atoms with Gasteiger partial charge in [0.25, 0.3) is 0 Å². The molecule has 0 fully saturated rings. The molecule has 116 valence electrons. The van der Waals surface area contributed by atoms with Crippen molar-refractivity contribution in [2.24, 2.45) is 0 Å². The van der Waals surface area contributed by atoms with Crippen molar-refractivity contribution in [1.29, 1.82) is 5.26 Å². The Morgan fingerprint density at radius 2 is 2.09 bits per heavy atom. The van der Waals surface area contributed by atoms with E-state index < -0.39 is 0 Å². The summed E-state index contributed by atoms with van der Waals surface area (Å²) in [4.78, 5) is 0. The standard InChI is InChI=1S/C13H8ClN5OS3/c1-20-8-4-2-7(3-5-8)16-12-17-18-13(22-12)21-11-9(6-15)10(14)19-23-11/h2-5H,1H3,(H,16,17). The molecule has 0 bridgehead atoms. The Hall–Kier alpha value is -1.86. The quantitative estimate of drug-likeness (QED) is 0.700. The van der Waals surface area contributed by atoms with Crippen LogP contribution in [0.5, 0.6) is 5.75 Å². The van der Waals surface area contributed by atoms with Gasteiger partial charge in [0, 0.05) is 5.69 Å². The predicted molar refractivity (Wildman–Crippen MR) is 92.1 cm³/mol. The van der Waals surface area contributed by atoms with E-state index in [1.54, 1.807) is 7.11 Å². The van der Waals surface area contributed by atoms with Crippen molar-refractivity contribution in [3.63, 3.8) is 0 Å². The summed E-state index contributed by atoms with van der Waals surface area (Å²) in [5.41, 5.74) is 1.26. The molecule has 0 saturated heterocycles. The minimum absolute atomic E-state index is 0.223. The van der Waals surface area contributed by atoms with Gasteiger partial charge in [0.2, 0.25) is 5.13 Å². The van der Waals surface area contributed by atoms with Crippen LogP contribution in [0.1, 0.15) is 5.56 Å². The summed E-state index contributed by atoms with van der Waals surface area (Å²) in [6.45, 7) is 0. The molecule has 23 heavy (non-hydrogen) atoms. The lowest BCUT2D eigenvalue weighted by Crippen LogP contribution is -1.89. The maximum absolute atomic E-state index is 9.07. The Morgan fingerprint density at radius 1 is 1.30 bits per heavy atom. The van der Waals surface area contributed by atoms with E-state index >= 15 is 0 Å². The zero-order valence-corrected chi connectivity index (χ0v) is 14.8. The summed E-state index contributed by atoms with van der Waals surface area (Å²) >= 11 is 9.75. The Bertz CT molecular complexity index is 855. The number of aromatic nitrogens is 3. The van der Waals surface area contributed by atoms with Crippen LogP contribution in [0.3, 0.4) is 0 Å². The molecule has 0 aliphatic rings. The van der Waals surface area contributed by atoms with Gasteiger partial charge in [0.15, 0.2) is 9.49 Å². The summed E-state index contributed by atoms with van der Waals surface area (Å²) < 4.78 is 10.5. The van der Waals surface area contributed by atoms with Crippen molar-refractivity contribution in [2.75, 3.05) is 12.4 Å². The zero-order valence-electron chi connectivity index (χ0n) is 11.6. The smallest absolute Gasteiger partial charge is 0.210 e. The van der Waals surface area contributed by atoms with E-state index in [1.165, 1.54) is 34.6 Å². The molecule has 1 aromatic carbocycles. The van der Waals surface area contributed by atoms with E-state index in [2.05, 4.69) is 19.9 Å². The molecular weight excluding hydrogens is 374 g/mol. The molecule has 0 aliphatic heterocycles. The summed E-state index contributed by atoms with van der Waals surface area (Å²) in [6.07, 6.45) is 0. The van der Waals surface area contributed by atoms with Crippen LogP contribution in [0.25, 0.3) is 0 Å². The molecule has 0 aliphatic carbocycles. The Morgan fingerprint density at radius 3 is 2.78 bits per heavy atom. The highest BCUT2D eigenvalue weighted by Crippen LogP contribution is 2.39. The molecule has 10 heteroatoms. The van der Waals surface area contributed by atoms with E-state index in [9.17, 15) is 0 Å². The first-order chi connectivity index (χ1) is 11.2. The zero-order chi connectivity index (χ0) is 16.2. The van der Waals surface area contributed by atoms with Crippen LogP contribution >= 0.6 is 46.2 Å². The van der Waals surface area contributed by atoms with Gasteiger partial charge in [0.05, 0.1) is 7.11 Å². The van der Waals surface area contributed by atoms with Crippen molar-refractivity contribution in [2.45, 2.75) is 8.55 Å². The van der Waals surface area contributed by atoms with Gasteiger partial charge in [-0.2, -0.15) is 9.64 Å². The third kappa shape index (κ3) is 3.73. The van der Waals surface area contributed by atoms with Crippen LogP contribution in [0, 0.1) is 11.3 Å².